The van der Waals surface area contributed by atoms with Gasteiger partial charge in [0.1, 0.15) is 18.2 Å². The summed E-state index contributed by atoms with van der Waals surface area (Å²) in [6, 6.07) is 21.6. The molecular formula is C27H25FN2O4. The molecule has 0 saturated carbocycles. The molecule has 0 aromatic heterocycles. The Bertz CT molecular complexity index is 1180. The number of urea groups is 1. The van der Waals surface area contributed by atoms with E-state index in [0.717, 1.165) is 16.7 Å². The van der Waals surface area contributed by atoms with E-state index in [1.165, 1.54) is 12.1 Å². The number of nitrogens with one attached hydrogen (secondary N) is 2. The number of aryl methyl sites for hydroxylation is 1. The minimum absolute atomic E-state index is 0.109. The monoisotopic (exact) mass is 460 g/mol. The van der Waals surface area contributed by atoms with Gasteiger partial charge in [0.05, 0.1) is 18.7 Å². The largest absolute Gasteiger partial charge is 0.497 e. The van der Waals surface area contributed by atoms with Gasteiger partial charge in [-0.15, -0.1) is 0 Å². The third-order valence-electron chi connectivity index (χ3n) is 5.61. The zero-order valence-corrected chi connectivity index (χ0v) is 18.7. The zero-order valence-electron chi connectivity index (χ0n) is 18.7. The van der Waals surface area contributed by atoms with Gasteiger partial charge in [0.15, 0.2) is 0 Å². The maximum absolute atomic E-state index is 13.3. The lowest BCUT2D eigenvalue weighted by Crippen LogP contribution is -2.46. The number of hydrogen-bond acceptors (Lipinski definition) is 4. The second-order valence-electron chi connectivity index (χ2n) is 7.89. The van der Waals surface area contributed by atoms with E-state index < -0.39 is 18.0 Å². The highest BCUT2D eigenvalue weighted by Gasteiger charge is 2.33. The molecule has 3 aromatic rings. The summed E-state index contributed by atoms with van der Waals surface area (Å²) in [4.78, 5) is 25.8. The number of ether oxygens (including phenoxy) is 2. The molecule has 1 atom stereocenters. The van der Waals surface area contributed by atoms with E-state index in [1.54, 1.807) is 43.5 Å². The fraction of sp³-hybridized carbons (Fsp3) is 0.185. The van der Waals surface area contributed by atoms with Gasteiger partial charge in [0.2, 0.25) is 0 Å². The first-order chi connectivity index (χ1) is 16.5. The Balaban J connectivity index is 1.64. The molecule has 1 aliphatic heterocycles. The molecule has 1 unspecified atom stereocenters. The Morgan fingerprint density at radius 3 is 2.29 bits per heavy atom. The summed E-state index contributed by atoms with van der Waals surface area (Å²) in [6.45, 7) is 0.109. The highest BCUT2D eigenvalue weighted by molar-refractivity contribution is 5.95. The molecule has 7 heteroatoms. The fourth-order valence-corrected chi connectivity index (χ4v) is 3.82. The van der Waals surface area contributed by atoms with E-state index in [4.69, 9.17) is 9.47 Å². The van der Waals surface area contributed by atoms with Gasteiger partial charge >= 0.3 is 12.0 Å². The van der Waals surface area contributed by atoms with Crippen molar-refractivity contribution < 1.29 is 23.5 Å². The maximum Gasteiger partial charge on any atom is 0.338 e. The smallest absolute Gasteiger partial charge is 0.338 e. The number of hydrogen-bond donors (Lipinski definition) is 2. The van der Waals surface area contributed by atoms with E-state index in [9.17, 15) is 14.0 Å². The minimum atomic E-state index is -0.689. The molecule has 0 radical (unpaired) electrons. The van der Waals surface area contributed by atoms with E-state index in [0.29, 0.717) is 29.9 Å². The van der Waals surface area contributed by atoms with Gasteiger partial charge in [-0.1, -0.05) is 54.6 Å². The van der Waals surface area contributed by atoms with Crippen LogP contribution in [0.1, 0.15) is 29.2 Å². The summed E-state index contributed by atoms with van der Waals surface area (Å²) in [5, 5.41) is 5.62. The lowest BCUT2D eigenvalue weighted by atomic mass is 9.93. The molecule has 6 nitrogen and oxygen atoms in total. The predicted molar refractivity (Wildman–Crippen MR) is 125 cm³/mol. The van der Waals surface area contributed by atoms with E-state index >= 15 is 0 Å². The minimum Gasteiger partial charge on any atom is -0.497 e. The van der Waals surface area contributed by atoms with Crippen LogP contribution in [0, 0.1) is 5.82 Å². The number of carbonyl (C=O) groups is 2. The second kappa shape index (κ2) is 10.7. The molecule has 2 amide bonds. The molecule has 0 fully saturated rings. The molecule has 0 aliphatic carbocycles. The summed E-state index contributed by atoms with van der Waals surface area (Å²) < 4.78 is 24.1. The number of esters is 1. The third-order valence-corrected chi connectivity index (χ3v) is 5.61. The van der Waals surface area contributed by atoms with Crippen LogP contribution in [-0.2, 0) is 22.6 Å². The van der Waals surface area contributed by atoms with Crippen molar-refractivity contribution in [2.75, 3.05) is 7.11 Å². The molecule has 1 aliphatic rings. The molecule has 0 spiro atoms. The Kier molecular flexibility index (Phi) is 7.22. The van der Waals surface area contributed by atoms with E-state index in [2.05, 4.69) is 10.6 Å². The molecular weight excluding hydrogens is 435 g/mol. The molecule has 174 valence electrons. The van der Waals surface area contributed by atoms with Crippen molar-refractivity contribution in [1.82, 2.24) is 10.6 Å². The van der Waals surface area contributed by atoms with E-state index in [1.807, 2.05) is 30.3 Å². The van der Waals surface area contributed by atoms with Crippen molar-refractivity contribution in [2.24, 2.45) is 0 Å². The standard InChI is InChI=1S/C27H25FN2O4/c1-33-22-14-10-20(11-15-22)25-24(26(31)34-17-19-5-3-2-4-6-19)23(29-27(32)30-25)16-9-18-7-12-21(28)13-8-18/h2-8,10-15,25H,9,16-17H2,1H3,(H2,29,30,32). The van der Waals surface area contributed by atoms with Crippen molar-refractivity contribution in [2.45, 2.75) is 25.5 Å². The topological polar surface area (TPSA) is 76.7 Å². The summed E-state index contributed by atoms with van der Waals surface area (Å²) in [5.74, 6) is -0.174. The van der Waals surface area contributed by atoms with Crippen LogP contribution >= 0.6 is 0 Å². The lowest BCUT2D eigenvalue weighted by Gasteiger charge is -2.29. The van der Waals surface area contributed by atoms with Crippen LogP contribution in [0.25, 0.3) is 0 Å². The number of allylic oxidation sites excluding steroid dienone is 1. The Morgan fingerprint density at radius 1 is 0.912 bits per heavy atom. The lowest BCUT2D eigenvalue weighted by molar-refractivity contribution is -0.140. The number of benzene rings is 3. The van der Waals surface area contributed by atoms with Gasteiger partial charge in [-0.05, 0) is 53.8 Å². The number of amides is 2. The summed E-state index contributed by atoms with van der Waals surface area (Å²) in [5.41, 5.74) is 3.29. The summed E-state index contributed by atoms with van der Waals surface area (Å²) in [7, 11) is 1.57. The highest BCUT2D eigenvalue weighted by Crippen LogP contribution is 2.31. The van der Waals surface area contributed by atoms with Crippen LogP contribution in [0.4, 0.5) is 9.18 Å². The Hall–Kier alpha value is -4.13. The average molecular weight is 461 g/mol. The molecule has 1 heterocycles. The SMILES string of the molecule is COc1ccc(C2NC(=O)NC(CCc3ccc(F)cc3)=C2C(=O)OCc2ccccc2)cc1. The first-order valence-corrected chi connectivity index (χ1v) is 10.9. The first kappa shape index (κ1) is 23.0. The van der Waals surface area contributed by atoms with Crippen molar-refractivity contribution in [3.8, 4) is 5.75 Å². The van der Waals surface area contributed by atoms with Crippen LogP contribution in [0.5, 0.6) is 5.75 Å². The molecule has 34 heavy (non-hydrogen) atoms. The van der Waals surface area contributed by atoms with Crippen LogP contribution < -0.4 is 15.4 Å². The third kappa shape index (κ3) is 5.61. The van der Waals surface area contributed by atoms with Gasteiger partial charge in [0, 0.05) is 5.70 Å². The maximum atomic E-state index is 13.3. The van der Waals surface area contributed by atoms with Crippen LogP contribution in [-0.4, -0.2) is 19.1 Å². The molecule has 0 saturated heterocycles. The zero-order chi connectivity index (χ0) is 23.9. The number of halogens is 1. The molecule has 2 N–H and O–H groups in total. The van der Waals surface area contributed by atoms with Gasteiger partial charge < -0.3 is 20.1 Å². The van der Waals surface area contributed by atoms with Crippen molar-refractivity contribution in [3.05, 3.63) is 113 Å². The predicted octanol–water partition coefficient (Wildman–Crippen LogP) is 4.82. The number of rotatable bonds is 8. The van der Waals surface area contributed by atoms with Gasteiger partial charge in [-0.25, -0.2) is 14.0 Å². The van der Waals surface area contributed by atoms with Crippen LogP contribution in [0.2, 0.25) is 0 Å². The fourth-order valence-electron chi connectivity index (χ4n) is 3.82. The summed E-state index contributed by atoms with van der Waals surface area (Å²) in [6.07, 6.45) is 0.891. The first-order valence-electron chi connectivity index (χ1n) is 10.9. The van der Waals surface area contributed by atoms with E-state index in [-0.39, 0.29) is 12.4 Å². The second-order valence-corrected chi connectivity index (χ2v) is 7.89. The van der Waals surface area contributed by atoms with Crippen molar-refractivity contribution >= 4 is 12.0 Å². The van der Waals surface area contributed by atoms with Gasteiger partial charge in [-0.2, -0.15) is 0 Å². The van der Waals surface area contributed by atoms with Crippen LogP contribution in [0.3, 0.4) is 0 Å². The Labute approximate surface area is 197 Å². The van der Waals surface area contributed by atoms with Crippen molar-refractivity contribution in [3.63, 3.8) is 0 Å². The van der Waals surface area contributed by atoms with Gasteiger partial charge in [0.25, 0.3) is 0 Å². The van der Waals surface area contributed by atoms with Crippen molar-refractivity contribution in [1.29, 1.82) is 0 Å². The Morgan fingerprint density at radius 2 is 1.62 bits per heavy atom. The quantitative estimate of drug-likeness (QED) is 0.473. The highest BCUT2D eigenvalue weighted by atomic mass is 19.1. The van der Waals surface area contributed by atoms with Crippen LogP contribution in [0.15, 0.2) is 90.1 Å². The normalized spacial score (nSPS) is 15.4. The molecule has 4 rings (SSSR count). The number of carbonyl (C=O) groups excluding carboxylic acids is 2. The summed E-state index contributed by atoms with van der Waals surface area (Å²) >= 11 is 0. The van der Waals surface area contributed by atoms with Gasteiger partial charge in [-0.3, -0.25) is 0 Å². The molecule has 3 aromatic carbocycles. The molecule has 0 bridgehead atoms. The average Bonchev–Trinajstić information content (AvgIpc) is 2.87. The number of methoxy groups -OCH3 is 1.